The van der Waals surface area contributed by atoms with Crippen molar-refractivity contribution in [2.24, 2.45) is 17.8 Å². The minimum Gasteiger partial charge on any atom is -0.481 e. The topological polar surface area (TPSA) is 72.8 Å². The molecule has 0 bridgehead atoms. The Morgan fingerprint density at radius 2 is 2.12 bits per heavy atom. The number of rotatable bonds is 15. The molecule has 2 fully saturated rings. The van der Waals surface area contributed by atoms with E-state index in [4.69, 9.17) is 14.6 Å². The van der Waals surface area contributed by atoms with Crippen molar-refractivity contribution in [1.82, 2.24) is 0 Å². The van der Waals surface area contributed by atoms with Crippen LogP contribution in [0.5, 0.6) is 0 Å². The number of carbonyl (C=O) groups is 2. The summed E-state index contributed by atoms with van der Waals surface area (Å²) in [6.45, 7) is 6.94. The molecule has 0 radical (unpaired) electrons. The average Bonchev–Trinajstić information content (AvgIpc) is 3.09. The van der Waals surface area contributed by atoms with Crippen molar-refractivity contribution in [2.75, 3.05) is 6.61 Å². The SMILES string of the molecule is C=CC1CC(=O)C(CC=CCCCC(=O)O)C1C=CC(CCCCC)OC1CCCCO1. The van der Waals surface area contributed by atoms with E-state index < -0.39 is 5.97 Å². The maximum absolute atomic E-state index is 12.7. The molecule has 1 N–H and O–H groups in total. The Morgan fingerprint density at radius 1 is 1.28 bits per heavy atom. The quantitative estimate of drug-likeness (QED) is 0.238. The first-order valence-corrected chi connectivity index (χ1v) is 12.5. The zero-order valence-corrected chi connectivity index (χ0v) is 19.8. The molecule has 1 saturated heterocycles. The van der Waals surface area contributed by atoms with Crippen LogP contribution in [-0.2, 0) is 19.1 Å². The number of carbonyl (C=O) groups excluding carboxylic acids is 1. The molecule has 0 spiro atoms. The third kappa shape index (κ3) is 9.41. The first kappa shape index (κ1) is 26.5. The number of unbranched alkanes of at least 4 members (excludes halogenated alkanes) is 3. The molecular formula is C27H42O5. The van der Waals surface area contributed by atoms with E-state index in [9.17, 15) is 9.59 Å². The van der Waals surface area contributed by atoms with Crippen molar-refractivity contribution in [1.29, 1.82) is 0 Å². The molecule has 1 aliphatic heterocycles. The van der Waals surface area contributed by atoms with Gasteiger partial charge in [0.2, 0.25) is 0 Å². The summed E-state index contributed by atoms with van der Waals surface area (Å²) < 4.78 is 12.1. The summed E-state index contributed by atoms with van der Waals surface area (Å²) in [6.07, 6.45) is 20.6. The van der Waals surface area contributed by atoms with Crippen molar-refractivity contribution >= 4 is 11.8 Å². The van der Waals surface area contributed by atoms with E-state index in [2.05, 4.69) is 25.7 Å². The second kappa shape index (κ2) is 15.2. The molecular weight excluding hydrogens is 404 g/mol. The summed E-state index contributed by atoms with van der Waals surface area (Å²) in [5.74, 6) is -0.233. The fourth-order valence-electron chi connectivity index (χ4n) is 4.64. The van der Waals surface area contributed by atoms with E-state index >= 15 is 0 Å². The highest BCUT2D eigenvalue weighted by Crippen LogP contribution is 2.38. The van der Waals surface area contributed by atoms with E-state index in [1.807, 2.05) is 18.2 Å². The fraction of sp³-hybridized carbons (Fsp3) is 0.704. The van der Waals surface area contributed by atoms with Crippen molar-refractivity contribution in [3.8, 4) is 0 Å². The highest BCUT2D eigenvalue weighted by molar-refractivity contribution is 5.84. The standard InChI is InChI=1S/C27H42O5/c1-3-5-8-13-22(32-27-16-11-12-19-31-27)17-18-23-21(4-2)20-25(28)24(23)14-9-6-7-10-15-26(29)30/h4,6,9,17-18,21-24,27H,2-3,5,7-8,10-16,19-20H2,1H3,(H,29,30). The van der Waals surface area contributed by atoms with Crippen molar-refractivity contribution in [3.63, 3.8) is 0 Å². The number of aliphatic carboxylic acids is 1. The molecule has 5 unspecified atom stereocenters. The molecule has 5 nitrogen and oxygen atoms in total. The molecule has 1 aliphatic carbocycles. The van der Waals surface area contributed by atoms with E-state index in [1.54, 1.807) is 0 Å². The number of ether oxygens (including phenoxy) is 2. The number of carboxylic acids is 1. The number of Topliss-reactive ketones (excluding diaryl/α,β-unsaturated/α-hetero) is 1. The molecule has 1 saturated carbocycles. The lowest BCUT2D eigenvalue weighted by Gasteiger charge is -2.27. The van der Waals surface area contributed by atoms with Crippen molar-refractivity contribution in [2.45, 2.75) is 96.4 Å². The third-order valence-corrected chi connectivity index (χ3v) is 6.53. The lowest BCUT2D eigenvalue weighted by Crippen LogP contribution is -2.27. The van der Waals surface area contributed by atoms with Gasteiger partial charge in [-0.05, 0) is 56.8 Å². The molecule has 32 heavy (non-hydrogen) atoms. The predicted molar refractivity (Wildman–Crippen MR) is 127 cm³/mol. The normalized spacial score (nSPS) is 27.3. The Morgan fingerprint density at radius 3 is 2.81 bits per heavy atom. The molecule has 2 aliphatic rings. The van der Waals surface area contributed by atoms with Crippen LogP contribution in [0.1, 0.15) is 84.0 Å². The van der Waals surface area contributed by atoms with Crippen LogP contribution in [0.3, 0.4) is 0 Å². The Hall–Kier alpha value is -1.72. The molecule has 5 heteroatoms. The fourth-order valence-corrected chi connectivity index (χ4v) is 4.64. The molecule has 1 heterocycles. The van der Waals surface area contributed by atoms with Crippen LogP contribution in [0.4, 0.5) is 0 Å². The third-order valence-electron chi connectivity index (χ3n) is 6.53. The van der Waals surface area contributed by atoms with Crippen molar-refractivity contribution in [3.05, 3.63) is 37.0 Å². The minimum atomic E-state index is -0.766. The van der Waals surface area contributed by atoms with Crippen LogP contribution in [0, 0.1) is 17.8 Å². The van der Waals surface area contributed by atoms with Gasteiger partial charge in [-0.1, -0.05) is 56.6 Å². The Labute approximate surface area is 193 Å². The molecule has 2 rings (SSSR count). The van der Waals surface area contributed by atoms with Gasteiger partial charge in [0.05, 0.1) is 6.10 Å². The van der Waals surface area contributed by atoms with Gasteiger partial charge in [0, 0.05) is 25.4 Å². The summed E-state index contributed by atoms with van der Waals surface area (Å²) >= 11 is 0. The van der Waals surface area contributed by atoms with Crippen LogP contribution in [0.25, 0.3) is 0 Å². The van der Waals surface area contributed by atoms with Crippen LogP contribution in [-0.4, -0.2) is 35.9 Å². The van der Waals surface area contributed by atoms with E-state index in [0.717, 1.165) is 45.1 Å². The Bertz CT molecular complexity index is 632. The van der Waals surface area contributed by atoms with Crippen LogP contribution in [0.2, 0.25) is 0 Å². The van der Waals surface area contributed by atoms with Gasteiger partial charge in [-0.15, -0.1) is 6.58 Å². The summed E-state index contributed by atoms with van der Waals surface area (Å²) in [6, 6.07) is 0. The first-order chi connectivity index (χ1) is 15.5. The lowest BCUT2D eigenvalue weighted by molar-refractivity contribution is -0.179. The Kier molecular flexibility index (Phi) is 12.6. The van der Waals surface area contributed by atoms with E-state index in [0.29, 0.717) is 25.0 Å². The van der Waals surface area contributed by atoms with Gasteiger partial charge in [0.15, 0.2) is 6.29 Å². The summed E-state index contributed by atoms with van der Waals surface area (Å²) in [5, 5.41) is 8.74. The maximum atomic E-state index is 12.7. The van der Waals surface area contributed by atoms with Gasteiger partial charge in [-0.2, -0.15) is 0 Å². The summed E-state index contributed by atoms with van der Waals surface area (Å²) in [4.78, 5) is 23.3. The zero-order valence-electron chi connectivity index (χ0n) is 19.8. The second-order valence-electron chi connectivity index (χ2n) is 9.10. The number of hydrogen-bond donors (Lipinski definition) is 1. The smallest absolute Gasteiger partial charge is 0.303 e. The summed E-state index contributed by atoms with van der Waals surface area (Å²) in [5.41, 5.74) is 0. The van der Waals surface area contributed by atoms with Gasteiger partial charge >= 0.3 is 5.97 Å². The van der Waals surface area contributed by atoms with E-state index in [1.165, 1.54) is 12.8 Å². The summed E-state index contributed by atoms with van der Waals surface area (Å²) in [7, 11) is 0. The van der Waals surface area contributed by atoms with Crippen LogP contribution in [0.15, 0.2) is 37.0 Å². The van der Waals surface area contributed by atoms with Gasteiger partial charge in [0.25, 0.3) is 0 Å². The molecule has 5 atom stereocenters. The highest BCUT2D eigenvalue weighted by Gasteiger charge is 2.38. The van der Waals surface area contributed by atoms with Crippen LogP contribution >= 0.6 is 0 Å². The molecule has 0 amide bonds. The Balaban J connectivity index is 1.99. The number of carboxylic acid groups (broad SMARTS) is 1. The second-order valence-corrected chi connectivity index (χ2v) is 9.10. The monoisotopic (exact) mass is 446 g/mol. The predicted octanol–water partition coefficient (Wildman–Crippen LogP) is 6.24. The molecule has 0 aromatic heterocycles. The van der Waals surface area contributed by atoms with Crippen molar-refractivity contribution < 1.29 is 24.2 Å². The van der Waals surface area contributed by atoms with Gasteiger partial charge in [0.1, 0.15) is 5.78 Å². The van der Waals surface area contributed by atoms with Crippen LogP contribution < -0.4 is 0 Å². The zero-order chi connectivity index (χ0) is 23.2. The number of allylic oxidation sites excluding steroid dienone is 4. The number of ketones is 1. The molecule has 180 valence electrons. The average molecular weight is 447 g/mol. The lowest BCUT2D eigenvalue weighted by atomic mass is 9.86. The van der Waals surface area contributed by atoms with Gasteiger partial charge in [-0.3, -0.25) is 9.59 Å². The van der Waals surface area contributed by atoms with E-state index in [-0.39, 0.29) is 36.6 Å². The molecule has 0 aromatic rings. The first-order valence-electron chi connectivity index (χ1n) is 12.5. The highest BCUT2D eigenvalue weighted by atomic mass is 16.7. The minimum absolute atomic E-state index is 0.0121. The maximum Gasteiger partial charge on any atom is 0.303 e. The van der Waals surface area contributed by atoms with Gasteiger partial charge < -0.3 is 14.6 Å². The largest absolute Gasteiger partial charge is 0.481 e. The molecule has 0 aromatic carbocycles. The number of hydrogen-bond acceptors (Lipinski definition) is 4. The van der Waals surface area contributed by atoms with Gasteiger partial charge in [-0.25, -0.2) is 0 Å².